The van der Waals surface area contributed by atoms with Crippen molar-refractivity contribution in [2.45, 2.75) is 44.2 Å². The highest BCUT2D eigenvalue weighted by molar-refractivity contribution is 5.08. The van der Waals surface area contributed by atoms with Crippen LogP contribution in [0.2, 0.25) is 0 Å². The SMILES string of the molecule is NC1CC12CCC(N1CCOCC1)CC2. The van der Waals surface area contributed by atoms with Crippen molar-refractivity contribution >= 4 is 0 Å². The molecule has 2 aliphatic carbocycles. The van der Waals surface area contributed by atoms with Crippen molar-refractivity contribution in [1.82, 2.24) is 4.90 Å². The Hall–Kier alpha value is -0.120. The molecule has 1 heterocycles. The van der Waals surface area contributed by atoms with Gasteiger partial charge in [-0.3, -0.25) is 4.90 Å². The highest BCUT2D eigenvalue weighted by Crippen LogP contribution is 2.55. The third-order valence-corrected chi connectivity index (χ3v) is 4.77. The van der Waals surface area contributed by atoms with E-state index < -0.39 is 0 Å². The molecule has 0 aromatic heterocycles. The molecule has 3 fully saturated rings. The van der Waals surface area contributed by atoms with E-state index in [0.717, 1.165) is 32.3 Å². The highest BCUT2D eigenvalue weighted by Gasteiger charge is 2.53. The number of hydrogen-bond donors (Lipinski definition) is 1. The molecule has 3 heteroatoms. The van der Waals surface area contributed by atoms with Crippen LogP contribution in [0.5, 0.6) is 0 Å². The van der Waals surface area contributed by atoms with Crippen molar-refractivity contribution < 1.29 is 4.74 Å². The van der Waals surface area contributed by atoms with Gasteiger partial charge in [0.05, 0.1) is 13.2 Å². The van der Waals surface area contributed by atoms with Gasteiger partial charge in [-0.2, -0.15) is 0 Å². The molecule has 3 aliphatic rings. The summed E-state index contributed by atoms with van der Waals surface area (Å²) in [4.78, 5) is 2.63. The van der Waals surface area contributed by atoms with Gasteiger partial charge >= 0.3 is 0 Å². The Bertz CT molecular complexity index is 230. The van der Waals surface area contributed by atoms with Crippen LogP contribution in [0.1, 0.15) is 32.1 Å². The van der Waals surface area contributed by atoms with E-state index in [0.29, 0.717) is 11.5 Å². The third kappa shape index (κ3) is 1.81. The lowest BCUT2D eigenvalue weighted by molar-refractivity contribution is 0.00341. The van der Waals surface area contributed by atoms with Gasteiger partial charge in [0, 0.05) is 25.2 Å². The molecule has 1 unspecified atom stereocenters. The number of nitrogens with zero attached hydrogens (tertiary/aromatic N) is 1. The maximum absolute atomic E-state index is 6.02. The zero-order valence-corrected chi connectivity index (χ0v) is 9.45. The van der Waals surface area contributed by atoms with Crippen molar-refractivity contribution in [2.24, 2.45) is 11.1 Å². The first-order valence-electron chi connectivity index (χ1n) is 6.38. The number of ether oxygens (including phenoxy) is 1. The molecule has 0 bridgehead atoms. The first-order valence-corrected chi connectivity index (χ1v) is 6.38. The average molecular weight is 210 g/mol. The number of rotatable bonds is 1. The third-order valence-electron chi connectivity index (χ3n) is 4.77. The van der Waals surface area contributed by atoms with Crippen molar-refractivity contribution in [2.75, 3.05) is 26.3 Å². The second kappa shape index (κ2) is 3.72. The van der Waals surface area contributed by atoms with Gasteiger partial charge < -0.3 is 10.5 Å². The minimum absolute atomic E-state index is 0.531. The predicted octanol–water partition coefficient (Wildman–Crippen LogP) is 0.979. The monoisotopic (exact) mass is 210 g/mol. The van der Waals surface area contributed by atoms with Gasteiger partial charge in [0.1, 0.15) is 0 Å². The maximum atomic E-state index is 6.02. The fraction of sp³-hybridized carbons (Fsp3) is 1.00. The Morgan fingerprint density at radius 3 is 2.27 bits per heavy atom. The fourth-order valence-electron chi connectivity index (χ4n) is 3.44. The van der Waals surface area contributed by atoms with Gasteiger partial charge in [0.15, 0.2) is 0 Å². The normalized spacial score (nSPS) is 47.0. The van der Waals surface area contributed by atoms with Crippen LogP contribution in [0.4, 0.5) is 0 Å². The summed E-state index contributed by atoms with van der Waals surface area (Å²) >= 11 is 0. The second-order valence-corrected chi connectivity index (χ2v) is 5.55. The summed E-state index contributed by atoms with van der Waals surface area (Å²) in [6, 6.07) is 1.36. The van der Waals surface area contributed by atoms with Crippen molar-refractivity contribution in [3.8, 4) is 0 Å². The maximum Gasteiger partial charge on any atom is 0.0594 e. The van der Waals surface area contributed by atoms with Crippen LogP contribution in [0.15, 0.2) is 0 Å². The molecule has 2 N–H and O–H groups in total. The van der Waals surface area contributed by atoms with E-state index in [9.17, 15) is 0 Å². The standard InChI is InChI=1S/C12H22N2O/c13-11-9-12(11)3-1-10(2-4-12)14-5-7-15-8-6-14/h10-11H,1-9,13H2. The molecule has 0 amide bonds. The Morgan fingerprint density at radius 2 is 1.73 bits per heavy atom. The molecular formula is C12H22N2O. The number of morpholine rings is 1. The Balaban J connectivity index is 1.53. The largest absolute Gasteiger partial charge is 0.379 e. The molecule has 0 aromatic carbocycles. The first-order chi connectivity index (χ1) is 7.30. The summed E-state index contributed by atoms with van der Waals surface area (Å²) in [5.41, 5.74) is 6.61. The van der Waals surface area contributed by atoms with Crippen LogP contribution >= 0.6 is 0 Å². The van der Waals surface area contributed by atoms with Crippen LogP contribution in [0.3, 0.4) is 0 Å². The number of hydrogen-bond acceptors (Lipinski definition) is 3. The zero-order valence-electron chi connectivity index (χ0n) is 9.45. The van der Waals surface area contributed by atoms with Crippen molar-refractivity contribution in [3.63, 3.8) is 0 Å². The van der Waals surface area contributed by atoms with E-state index in [1.54, 1.807) is 0 Å². The minimum Gasteiger partial charge on any atom is -0.379 e. The topological polar surface area (TPSA) is 38.5 Å². The lowest BCUT2D eigenvalue weighted by Crippen LogP contribution is -2.45. The average Bonchev–Trinajstić information content (AvgIpc) is 2.91. The molecule has 3 rings (SSSR count). The minimum atomic E-state index is 0.531. The Labute approximate surface area is 91.9 Å². The zero-order chi connectivity index (χ0) is 10.3. The quantitative estimate of drug-likeness (QED) is 0.701. The predicted molar refractivity (Wildman–Crippen MR) is 59.7 cm³/mol. The fourth-order valence-corrected chi connectivity index (χ4v) is 3.44. The van der Waals surface area contributed by atoms with Gasteiger partial charge in [-0.1, -0.05) is 0 Å². The molecule has 0 radical (unpaired) electrons. The molecule has 86 valence electrons. The van der Waals surface area contributed by atoms with E-state index in [-0.39, 0.29) is 0 Å². The molecule has 15 heavy (non-hydrogen) atoms. The summed E-state index contributed by atoms with van der Waals surface area (Å²) in [6.45, 7) is 4.15. The van der Waals surface area contributed by atoms with E-state index in [1.807, 2.05) is 0 Å². The Kier molecular flexibility index (Phi) is 2.49. The molecular weight excluding hydrogens is 188 g/mol. The van der Waals surface area contributed by atoms with Gasteiger partial charge in [-0.25, -0.2) is 0 Å². The molecule has 2 saturated carbocycles. The van der Waals surface area contributed by atoms with Crippen LogP contribution in [0, 0.1) is 5.41 Å². The molecule has 1 atom stereocenters. The van der Waals surface area contributed by atoms with Crippen molar-refractivity contribution in [3.05, 3.63) is 0 Å². The lowest BCUT2D eigenvalue weighted by Gasteiger charge is -2.39. The summed E-state index contributed by atoms with van der Waals surface area (Å²) in [5.74, 6) is 0. The summed E-state index contributed by atoms with van der Waals surface area (Å²) in [5, 5.41) is 0. The van der Waals surface area contributed by atoms with Crippen LogP contribution in [0.25, 0.3) is 0 Å². The Morgan fingerprint density at radius 1 is 1.13 bits per heavy atom. The van der Waals surface area contributed by atoms with Crippen LogP contribution in [-0.2, 0) is 4.74 Å². The summed E-state index contributed by atoms with van der Waals surface area (Å²) < 4.78 is 5.40. The summed E-state index contributed by atoms with van der Waals surface area (Å²) in [7, 11) is 0. The highest BCUT2D eigenvalue weighted by atomic mass is 16.5. The van der Waals surface area contributed by atoms with Crippen molar-refractivity contribution in [1.29, 1.82) is 0 Å². The molecule has 1 aliphatic heterocycles. The summed E-state index contributed by atoms with van der Waals surface area (Å²) in [6.07, 6.45) is 6.77. The van der Waals surface area contributed by atoms with Gasteiger partial charge in [-0.15, -0.1) is 0 Å². The molecule has 1 spiro atoms. The molecule has 0 aromatic rings. The molecule has 1 saturated heterocycles. The molecule has 3 nitrogen and oxygen atoms in total. The van der Waals surface area contributed by atoms with Crippen LogP contribution < -0.4 is 5.73 Å². The van der Waals surface area contributed by atoms with E-state index in [4.69, 9.17) is 10.5 Å². The smallest absolute Gasteiger partial charge is 0.0594 e. The van der Waals surface area contributed by atoms with Gasteiger partial charge in [-0.05, 0) is 37.5 Å². The second-order valence-electron chi connectivity index (χ2n) is 5.55. The van der Waals surface area contributed by atoms with E-state index >= 15 is 0 Å². The van der Waals surface area contributed by atoms with Gasteiger partial charge in [0.25, 0.3) is 0 Å². The van der Waals surface area contributed by atoms with Crippen LogP contribution in [-0.4, -0.2) is 43.3 Å². The van der Waals surface area contributed by atoms with Gasteiger partial charge in [0.2, 0.25) is 0 Å². The lowest BCUT2D eigenvalue weighted by atomic mass is 9.82. The number of nitrogens with two attached hydrogens (primary N) is 1. The van der Waals surface area contributed by atoms with E-state index in [2.05, 4.69) is 4.90 Å². The van der Waals surface area contributed by atoms with E-state index in [1.165, 1.54) is 32.1 Å². The first kappa shape index (κ1) is 10.1.